The number of hydrogen-bond acceptors (Lipinski definition) is 4. The molecule has 0 saturated heterocycles. The molecule has 0 radical (unpaired) electrons. The Balaban J connectivity index is 2.38. The van der Waals surface area contributed by atoms with Gasteiger partial charge in [-0.25, -0.2) is 9.78 Å². The molecule has 3 aromatic rings. The molecule has 1 N–H and O–H groups in total. The van der Waals surface area contributed by atoms with Crippen LogP contribution in [0.15, 0.2) is 16.9 Å². The van der Waals surface area contributed by atoms with Crippen LogP contribution >= 0.6 is 0 Å². The van der Waals surface area contributed by atoms with Crippen LogP contribution in [0.2, 0.25) is 0 Å². The predicted molar refractivity (Wildman–Crippen MR) is 84.5 cm³/mol. The molecule has 22 heavy (non-hydrogen) atoms. The number of H-pyrrole nitrogens is 1. The molecule has 0 bridgehead atoms. The molecule has 114 valence electrons. The van der Waals surface area contributed by atoms with Crippen molar-refractivity contribution < 1.29 is 4.74 Å². The van der Waals surface area contributed by atoms with E-state index < -0.39 is 0 Å². The second-order valence-corrected chi connectivity index (χ2v) is 5.46. The van der Waals surface area contributed by atoms with Crippen LogP contribution in [0.5, 0.6) is 5.75 Å². The van der Waals surface area contributed by atoms with Crippen LogP contribution in [0.4, 0.5) is 0 Å². The fraction of sp³-hybridized carbons (Fsp3) is 0.312. The SMILES string of the molecule is COc1cc(C)c(-c2c(C)nn3c(=O)[nH]c(C)nc23)cc1C. The molecule has 0 aliphatic carbocycles. The van der Waals surface area contributed by atoms with Crippen molar-refractivity contribution in [2.24, 2.45) is 0 Å². The van der Waals surface area contributed by atoms with Gasteiger partial charge in [0.15, 0.2) is 5.65 Å². The quantitative estimate of drug-likeness (QED) is 0.788. The lowest BCUT2D eigenvalue weighted by Gasteiger charge is -2.11. The number of methoxy groups -OCH3 is 1. The van der Waals surface area contributed by atoms with Crippen molar-refractivity contribution in [3.8, 4) is 16.9 Å². The van der Waals surface area contributed by atoms with E-state index in [1.165, 1.54) is 4.52 Å². The minimum Gasteiger partial charge on any atom is -0.496 e. The van der Waals surface area contributed by atoms with Gasteiger partial charge >= 0.3 is 5.69 Å². The fourth-order valence-electron chi connectivity index (χ4n) is 2.75. The maximum absolute atomic E-state index is 12.0. The lowest BCUT2D eigenvalue weighted by atomic mass is 9.98. The third-order valence-electron chi connectivity index (χ3n) is 3.80. The number of aromatic amines is 1. The molecule has 1 aromatic carbocycles. The van der Waals surface area contributed by atoms with Gasteiger partial charge in [-0.05, 0) is 56.5 Å². The van der Waals surface area contributed by atoms with Gasteiger partial charge in [-0.15, -0.1) is 0 Å². The van der Waals surface area contributed by atoms with Gasteiger partial charge in [0.2, 0.25) is 0 Å². The van der Waals surface area contributed by atoms with Crippen LogP contribution in [0.1, 0.15) is 22.6 Å². The van der Waals surface area contributed by atoms with Crippen molar-refractivity contribution in [3.63, 3.8) is 0 Å². The highest BCUT2D eigenvalue weighted by molar-refractivity contribution is 5.82. The second kappa shape index (κ2) is 4.98. The molecule has 0 saturated carbocycles. The van der Waals surface area contributed by atoms with Crippen LogP contribution in [-0.2, 0) is 0 Å². The molecular weight excluding hydrogens is 280 g/mol. The Bertz CT molecular complexity index is 937. The van der Waals surface area contributed by atoms with E-state index >= 15 is 0 Å². The third kappa shape index (κ3) is 2.07. The van der Waals surface area contributed by atoms with Gasteiger partial charge in [0.05, 0.1) is 18.4 Å². The van der Waals surface area contributed by atoms with Gasteiger partial charge in [-0.3, -0.25) is 4.98 Å². The van der Waals surface area contributed by atoms with Crippen LogP contribution in [0.3, 0.4) is 0 Å². The molecule has 0 unspecified atom stereocenters. The first-order valence-corrected chi connectivity index (χ1v) is 7.04. The Morgan fingerprint density at radius 1 is 1.14 bits per heavy atom. The summed E-state index contributed by atoms with van der Waals surface area (Å²) in [6, 6.07) is 4.05. The summed E-state index contributed by atoms with van der Waals surface area (Å²) in [5.41, 5.74) is 5.06. The zero-order valence-corrected chi connectivity index (χ0v) is 13.3. The zero-order chi connectivity index (χ0) is 16.0. The van der Waals surface area contributed by atoms with Gasteiger partial charge in [-0.1, -0.05) is 0 Å². The van der Waals surface area contributed by atoms with Gasteiger partial charge in [0, 0.05) is 0 Å². The van der Waals surface area contributed by atoms with Gasteiger partial charge in [-0.2, -0.15) is 9.61 Å². The standard InChI is InChI=1S/C16H18N4O2/c1-8-7-13(22-5)9(2)6-12(8)14-10(3)19-20-15(14)17-11(4)18-16(20)21/h6-7H,1-5H3,(H,17,18,21). The monoisotopic (exact) mass is 298 g/mol. The molecule has 0 spiro atoms. The van der Waals surface area contributed by atoms with E-state index in [1.54, 1.807) is 14.0 Å². The molecule has 0 aliphatic rings. The molecule has 2 heterocycles. The number of benzene rings is 1. The molecule has 0 aliphatic heterocycles. The Hall–Kier alpha value is -2.63. The van der Waals surface area contributed by atoms with E-state index in [0.29, 0.717) is 11.5 Å². The van der Waals surface area contributed by atoms with Crippen LogP contribution in [0, 0.1) is 27.7 Å². The number of nitrogens with zero attached hydrogens (tertiary/aromatic N) is 3. The molecule has 6 heteroatoms. The average molecular weight is 298 g/mol. The fourth-order valence-corrected chi connectivity index (χ4v) is 2.75. The number of aryl methyl sites for hydroxylation is 4. The molecular formula is C16H18N4O2. The van der Waals surface area contributed by atoms with Crippen molar-refractivity contribution in [1.29, 1.82) is 0 Å². The minimum atomic E-state index is -0.278. The molecule has 0 atom stereocenters. The second-order valence-electron chi connectivity index (χ2n) is 5.46. The van der Waals surface area contributed by atoms with E-state index in [-0.39, 0.29) is 5.69 Å². The van der Waals surface area contributed by atoms with Gasteiger partial charge in [0.25, 0.3) is 0 Å². The van der Waals surface area contributed by atoms with Crippen molar-refractivity contribution >= 4 is 5.65 Å². The number of nitrogens with one attached hydrogen (secondary N) is 1. The first kappa shape index (κ1) is 14.3. The highest BCUT2D eigenvalue weighted by Crippen LogP contribution is 2.33. The summed E-state index contributed by atoms with van der Waals surface area (Å²) in [5, 5.41) is 4.32. The normalized spacial score (nSPS) is 11.1. The van der Waals surface area contributed by atoms with Crippen LogP contribution < -0.4 is 10.4 Å². The average Bonchev–Trinajstić information content (AvgIpc) is 2.77. The highest BCUT2D eigenvalue weighted by atomic mass is 16.5. The van der Waals surface area contributed by atoms with E-state index in [0.717, 1.165) is 33.7 Å². The largest absolute Gasteiger partial charge is 0.496 e. The lowest BCUT2D eigenvalue weighted by molar-refractivity contribution is 0.411. The number of hydrogen-bond donors (Lipinski definition) is 1. The highest BCUT2D eigenvalue weighted by Gasteiger charge is 2.18. The first-order valence-electron chi connectivity index (χ1n) is 7.04. The van der Waals surface area contributed by atoms with Crippen molar-refractivity contribution in [3.05, 3.63) is 45.3 Å². The summed E-state index contributed by atoms with van der Waals surface area (Å²) in [4.78, 5) is 19.2. The molecule has 2 aromatic heterocycles. The summed E-state index contributed by atoms with van der Waals surface area (Å²) < 4.78 is 6.68. The Kier molecular flexibility index (Phi) is 3.24. The summed E-state index contributed by atoms with van der Waals surface area (Å²) in [5.74, 6) is 1.42. The Morgan fingerprint density at radius 3 is 2.55 bits per heavy atom. The van der Waals surface area contributed by atoms with Gasteiger partial charge in [0.1, 0.15) is 11.6 Å². The minimum absolute atomic E-state index is 0.278. The first-order chi connectivity index (χ1) is 10.4. The predicted octanol–water partition coefficient (Wildman–Crippen LogP) is 2.33. The number of rotatable bonds is 2. The maximum atomic E-state index is 12.0. The topological polar surface area (TPSA) is 72.3 Å². The summed E-state index contributed by atoms with van der Waals surface area (Å²) in [6.07, 6.45) is 0. The molecule has 3 rings (SSSR count). The Morgan fingerprint density at radius 2 is 1.86 bits per heavy atom. The molecule has 0 amide bonds. The summed E-state index contributed by atoms with van der Waals surface area (Å²) in [6.45, 7) is 7.66. The van der Waals surface area contributed by atoms with E-state index in [1.807, 2.05) is 26.8 Å². The maximum Gasteiger partial charge on any atom is 0.349 e. The number of fused-ring (bicyclic) bond motifs is 1. The van der Waals surface area contributed by atoms with E-state index in [2.05, 4.69) is 21.1 Å². The van der Waals surface area contributed by atoms with E-state index in [4.69, 9.17) is 4.74 Å². The van der Waals surface area contributed by atoms with Crippen molar-refractivity contribution in [2.45, 2.75) is 27.7 Å². The van der Waals surface area contributed by atoms with Crippen molar-refractivity contribution in [2.75, 3.05) is 7.11 Å². The van der Waals surface area contributed by atoms with Crippen LogP contribution in [0.25, 0.3) is 16.8 Å². The van der Waals surface area contributed by atoms with Crippen LogP contribution in [-0.4, -0.2) is 26.7 Å². The third-order valence-corrected chi connectivity index (χ3v) is 3.80. The smallest absolute Gasteiger partial charge is 0.349 e. The number of aromatic nitrogens is 4. The summed E-state index contributed by atoms with van der Waals surface area (Å²) in [7, 11) is 1.66. The Labute approximate surface area is 127 Å². The van der Waals surface area contributed by atoms with Gasteiger partial charge < -0.3 is 4.74 Å². The molecule has 0 fully saturated rings. The molecule has 6 nitrogen and oxygen atoms in total. The lowest BCUT2D eigenvalue weighted by Crippen LogP contribution is -2.19. The zero-order valence-electron chi connectivity index (χ0n) is 13.3. The number of ether oxygens (including phenoxy) is 1. The summed E-state index contributed by atoms with van der Waals surface area (Å²) >= 11 is 0. The van der Waals surface area contributed by atoms with Crippen molar-refractivity contribution in [1.82, 2.24) is 19.6 Å². The van der Waals surface area contributed by atoms with E-state index in [9.17, 15) is 4.79 Å².